The summed E-state index contributed by atoms with van der Waals surface area (Å²) in [5.74, 6) is 0. The van der Waals surface area contributed by atoms with Gasteiger partial charge < -0.3 is 0 Å². The Labute approximate surface area is 104 Å². The van der Waals surface area contributed by atoms with E-state index in [-0.39, 0.29) is 0 Å². The maximum atomic E-state index is 3.76. The van der Waals surface area contributed by atoms with Crippen LogP contribution >= 0.6 is 15.9 Å². The second-order valence-electron chi connectivity index (χ2n) is 4.22. The Kier molecular flexibility index (Phi) is 2.36. The van der Waals surface area contributed by atoms with E-state index in [1.807, 2.05) is 0 Å². The number of halogens is 1. The molecular formula is C15H13Br. The quantitative estimate of drug-likeness (QED) is 0.689. The summed E-state index contributed by atoms with van der Waals surface area (Å²) in [5, 5.41) is 2.65. The molecule has 0 amide bonds. The minimum absolute atomic E-state index is 1.07. The molecule has 16 heavy (non-hydrogen) atoms. The largest absolute Gasteiger partial charge is 0.0763 e. The molecule has 1 aliphatic rings. The molecule has 3 rings (SSSR count). The van der Waals surface area contributed by atoms with Gasteiger partial charge in [-0.3, -0.25) is 0 Å². The van der Waals surface area contributed by atoms with Gasteiger partial charge in [0.05, 0.1) is 0 Å². The summed E-state index contributed by atoms with van der Waals surface area (Å²) in [4.78, 5) is 0. The molecule has 0 unspecified atom stereocenters. The highest BCUT2D eigenvalue weighted by Gasteiger charge is 2.17. The molecule has 2 aromatic carbocycles. The van der Waals surface area contributed by atoms with E-state index in [9.17, 15) is 0 Å². The second-order valence-corrected chi connectivity index (χ2v) is 5.02. The number of hydrogen-bond donors (Lipinski definition) is 0. The molecular weight excluding hydrogens is 260 g/mol. The van der Waals surface area contributed by atoms with Gasteiger partial charge in [0, 0.05) is 4.47 Å². The zero-order chi connectivity index (χ0) is 11.1. The maximum absolute atomic E-state index is 3.76. The first kappa shape index (κ1) is 10.1. The summed E-state index contributed by atoms with van der Waals surface area (Å²) in [5.41, 5.74) is 4.38. The lowest BCUT2D eigenvalue weighted by Crippen LogP contribution is -1.88. The first-order valence-corrected chi connectivity index (χ1v) is 6.50. The van der Waals surface area contributed by atoms with Crippen LogP contribution in [0.2, 0.25) is 0 Å². The van der Waals surface area contributed by atoms with Crippen LogP contribution in [0, 0.1) is 0 Å². The van der Waals surface area contributed by atoms with E-state index in [1.54, 1.807) is 0 Å². The molecule has 0 spiro atoms. The highest BCUT2D eigenvalue weighted by molar-refractivity contribution is 9.10. The zero-order valence-electron chi connectivity index (χ0n) is 9.26. The monoisotopic (exact) mass is 272 g/mol. The van der Waals surface area contributed by atoms with Gasteiger partial charge in [-0.05, 0) is 62.3 Å². The highest BCUT2D eigenvalue weighted by Crippen LogP contribution is 2.39. The summed E-state index contributed by atoms with van der Waals surface area (Å²) >= 11 is 3.76. The number of hydrogen-bond acceptors (Lipinski definition) is 0. The van der Waals surface area contributed by atoms with Crippen LogP contribution in [0.5, 0.6) is 0 Å². The van der Waals surface area contributed by atoms with Gasteiger partial charge >= 0.3 is 0 Å². The topological polar surface area (TPSA) is 0 Å². The molecule has 80 valence electrons. The van der Waals surface area contributed by atoms with Crippen LogP contribution < -0.4 is 0 Å². The molecule has 0 radical (unpaired) electrons. The summed E-state index contributed by atoms with van der Waals surface area (Å²) in [6.07, 6.45) is 4.55. The van der Waals surface area contributed by atoms with Gasteiger partial charge in [-0.1, -0.05) is 37.3 Å². The van der Waals surface area contributed by atoms with E-state index in [0.717, 1.165) is 12.8 Å². The van der Waals surface area contributed by atoms with Crippen molar-refractivity contribution in [2.24, 2.45) is 0 Å². The van der Waals surface area contributed by atoms with Crippen LogP contribution in [0.1, 0.15) is 24.5 Å². The minimum atomic E-state index is 1.07. The molecule has 0 heterocycles. The molecule has 0 saturated carbocycles. The third kappa shape index (κ3) is 1.35. The summed E-state index contributed by atoms with van der Waals surface area (Å²) < 4.78 is 1.28. The summed E-state index contributed by atoms with van der Waals surface area (Å²) in [7, 11) is 0. The predicted molar refractivity (Wildman–Crippen MR) is 73.6 cm³/mol. The van der Waals surface area contributed by atoms with Crippen LogP contribution in [-0.2, 0) is 6.42 Å². The third-order valence-electron chi connectivity index (χ3n) is 3.37. The molecule has 0 bridgehead atoms. The van der Waals surface area contributed by atoms with Crippen molar-refractivity contribution in [1.82, 2.24) is 0 Å². The van der Waals surface area contributed by atoms with Crippen molar-refractivity contribution < 1.29 is 0 Å². The average molecular weight is 273 g/mol. The minimum Gasteiger partial charge on any atom is -0.0763 e. The van der Waals surface area contributed by atoms with Crippen molar-refractivity contribution in [3.63, 3.8) is 0 Å². The Hall–Kier alpha value is -1.08. The van der Waals surface area contributed by atoms with E-state index in [4.69, 9.17) is 0 Å². The Morgan fingerprint density at radius 1 is 1.25 bits per heavy atom. The van der Waals surface area contributed by atoms with Crippen LogP contribution in [0.15, 0.2) is 40.9 Å². The Morgan fingerprint density at radius 3 is 2.88 bits per heavy atom. The molecule has 0 aliphatic heterocycles. The fourth-order valence-corrected chi connectivity index (χ4v) is 3.24. The maximum Gasteiger partial charge on any atom is 0.0294 e. The van der Waals surface area contributed by atoms with Crippen molar-refractivity contribution in [3.05, 3.63) is 52.0 Å². The van der Waals surface area contributed by atoms with E-state index in [2.05, 4.69) is 59.3 Å². The lowest BCUT2D eigenvalue weighted by Gasteiger charge is -2.09. The second kappa shape index (κ2) is 3.74. The smallest absolute Gasteiger partial charge is 0.0294 e. The van der Waals surface area contributed by atoms with Crippen LogP contribution in [0.4, 0.5) is 0 Å². The van der Waals surface area contributed by atoms with E-state index >= 15 is 0 Å². The Morgan fingerprint density at radius 2 is 2.06 bits per heavy atom. The fraction of sp³-hybridized carbons (Fsp3) is 0.200. The molecule has 1 heteroatoms. The molecule has 0 atom stereocenters. The van der Waals surface area contributed by atoms with Gasteiger partial charge in [-0.25, -0.2) is 0 Å². The first-order chi connectivity index (χ1) is 7.81. The van der Waals surface area contributed by atoms with Gasteiger partial charge in [0.15, 0.2) is 0 Å². The molecule has 2 aromatic rings. The fourth-order valence-electron chi connectivity index (χ4n) is 2.50. The Bertz CT molecular complexity index is 594. The predicted octanol–water partition coefficient (Wildman–Crippen LogP) is 4.95. The van der Waals surface area contributed by atoms with Crippen LogP contribution in [0.3, 0.4) is 0 Å². The third-order valence-corrected chi connectivity index (χ3v) is 4.27. The SMILES string of the molecule is CCC1=CCc2c1cc1ccccc1c2Br. The van der Waals surface area contributed by atoms with Crippen molar-refractivity contribution in [2.45, 2.75) is 19.8 Å². The number of fused-ring (bicyclic) bond motifs is 2. The van der Waals surface area contributed by atoms with Gasteiger partial charge in [-0.2, -0.15) is 0 Å². The molecule has 0 fully saturated rings. The molecule has 0 saturated heterocycles. The van der Waals surface area contributed by atoms with Crippen molar-refractivity contribution in [3.8, 4) is 0 Å². The number of allylic oxidation sites excluding steroid dienone is 2. The van der Waals surface area contributed by atoms with Crippen LogP contribution in [-0.4, -0.2) is 0 Å². The molecule has 0 N–H and O–H groups in total. The van der Waals surface area contributed by atoms with Crippen LogP contribution in [0.25, 0.3) is 16.3 Å². The summed E-state index contributed by atoms with van der Waals surface area (Å²) in [6, 6.07) is 10.9. The average Bonchev–Trinajstić information content (AvgIpc) is 2.72. The van der Waals surface area contributed by atoms with E-state index in [1.165, 1.54) is 31.9 Å². The number of rotatable bonds is 1. The zero-order valence-corrected chi connectivity index (χ0v) is 10.8. The van der Waals surface area contributed by atoms with Gasteiger partial charge in [0.1, 0.15) is 0 Å². The Balaban J connectivity index is 2.35. The van der Waals surface area contributed by atoms with E-state index in [0.29, 0.717) is 0 Å². The lowest BCUT2D eigenvalue weighted by atomic mass is 9.99. The van der Waals surface area contributed by atoms with Crippen molar-refractivity contribution >= 4 is 32.3 Å². The molecule has 1 aliphatic carbocycles. The van der Waals surface area contributed by atoms with Gasteiger partial charge in [0.25, 0.3) is 0 Å². The normalized spacial score (nSPS) is 14.0. The van der Waals surface area contributed by atoms with Crippen molar-refractivity contribution in [2.75, 3.05) is 0 Å². The van der Waals surface area contributed by atoms with E-state index < -0.39 is 0 Å². The van der Waals surface area contributed by atoms with Gasteiger partial charge in [0.2, 0.25) is 0 Å². The number of benzene rings is 2. The summed E-state index contributed by atoms with van der Waals surface area (Å²) in [6.45, 7) is 2.23. The lowest BCUT2D eigenvalue weighted by molar-refractivity contribution is 1.25. The van der Waals surface area contributed by atoms with Gasteiger partial charge in [-0.15, -0.1) is 0 Å². The van der Waals surface area contributed by atoms with Crippen molar-refractivity contribution in [1.29, 1.82) is 0 Å². The molecule has 0 nitrogen and oxygen atoms in total. The standard InChI is InChI=1S/C15H13Br/c1-2-10-7-8-13-14(10)9-11-5-3-4-6-12(11)15(13)16/h3-7,9H,2,8H2,1H3. The molecule has 0 aromatic heterocycles. The highest BCUT2D eigenvalue weighted by atomic mass is 79.9. The first-order valence-electron chi connectivity index (χ1n) is 5.70.